The topological polar surface area (TPSA) is 74.6 Å². The maximum Gasteiger partial charge on any atom is 0.414 e. The van der Waals surface area contributed by atoms with E-state index in [1.807, 2.05) is 0 Å². The molecule has 0 rings (SSSR count). The number of aliphatic carboxylic acids is 2. The molecule has 0 heterocycles. The second-order valence-electron chi connectivity index (χ2n) is 0.610. The van der Waals surface area contributed by atoms with E-state index in [1.165, 1.54) is 0 Å². The van der Waals surface area contributed by atoms with Crippen molar-refractivity contribution in [3.05, 3.63) is 0 Å². The Morgan fingerprint density at radius 3 is 1.14 bits per heavy atom. The van der Waals surface area contributed by atoms with Crippen LogP contribution in [0.15, 0.2) is 0 Å². The van der Waals surface area contributed by atoms with Gasteiger partial charge in [-0.3, -0.25) is 0 Å². The molecule has 0 spiro atoms. The maximum absolute atomic E-state index is 9.10. The molecule has 0 saturated carbocycles. The Morgan fingerprint density at radius 2 is 1.14 bits per heavy atom. The van der Waals surface area contributed by atoms with Gasteiger partial charge in [-0.1, -0.05) is 0 Å². The second kappa shape index (κ2) is 3.42. The summed E-state index contributed by atoms with van der Waals surface area (Å²) in [7, 11) is 0. The van der Waals surface area contributed by atoms with Crippen LogP contribution in [0.3, 0.4) is 0 Å². The minimum Gasteiger partial charge on any atom is -0.473 e. The summed E-state index contributed by atoms with van der Waals surface area (Å²) >= 11 is 0. The van der Waals surface area contributed by atoms with Gasteiger partial charge in [0.2, 0.25) is 0 Å². The van der Waals surface area contributed by atoms with Crippen molar-refractivity contribution in [1.82, 2.24) is 0 Å². The van der Waals surface area contributed by atoms with Crippen molar-refractivity contribution in [3.63, 3.8) is 0 Å². The summed E-state index contributed by atoms with van der Waals surface area (Å²) in [5.41, 5.74) is 0. The third-order valence-electron chi connectivity index (χ3n) is 0.183. The lowest BCUT2D eigenvalue weighted by atomic mass is 10.7. The molecular formula is C2H3ClO4. The highest BCUT2D eigenvalue weighted by Gasteiger charge is 2.04. The van der Waals surface area contributed by atoms with Gasteiger partial charge in [0.15, 0.2) is 0 Å². The van der Waals surface area contributed by atoms with Gasteiger partial charge < -0.3 is 10.2 Å². The summed E-state index contributed by atoms with van der Waals surface area (Å²) in [6.45, 7) is 0. The van der Waals surface area contributed by atoms with Gasteiger partial charge in [-0.2, -0.15) is 0 Å². The molecule has 4 nitrogen and oxygen atoms in total. The smallest absolute Gasteiger partial charge is 0.414 e. The first kappa shape index (κ1) is 9.52. The summed E-state index contributed by atoms with van der Waals surface area (Å²) in [6, 6.07) is 0. The highest BCUT2D eigenvalue weighted by atomic mass is 35.5. The van der Waals surface area contributed by atoms with Crippen LogP contribution >= 0.6 is 12.4 Å². The van der Waals surface area contributed by atoms with Gasteiger partial charge in [0.25, 0.3) is 0 Å². The molecule has 0 saturated heterocycles. The van der Waals surface area contributed by atoms with Crippen molar-refractivity contribution in [2.45, 2.75) is 0 Å². The quantitative estimate of drug-likeness (QED) is 0.432. The van der Waals surface area contributed by atoms with E-state index in [1.54, 1.807) is 0 Å². The molecule has 0 bridgehead atoms. The SMILES string of the molecule is Cl.O=C(O)C(=O)O. The first-order chi connectivity index (χ1) is 2.64. The molecular weight excluding hydrogens is 123 g/mol. The van der Waals surface area contributed by atoms with Crippen molar-refractivity contribution < 1.29 is 19.8 Å². The Kier molecular flexibility index (Phi) is 4.65. The molecule has 0 unspecified atom stereocenters. The van der Waals surface area contributed by atoms with Crippen LogP contribution in [0.25, 0.3) is 0 Å². The fourth-order valence-electron chi connectivity index (χ4n) is 0. The van der Waals surface area contributed by atoms with Crippen molar-refractivity contribution >= 4 is 24.3 Å². The Bertz CT molecular complexity index is 75.7. The minimum absolute atomic E-state index is 0. The number of halogens is 1. The average Bonchev–Trinajstić information content (AvgIpc) is 1.36. The molecule has 0 radical (unpaired) electrons. The fraction of sp³-hybridized carbons (Fsp3) is 0. The predicted octanol–water partition coefficient (Wildman–Crippen LogP) is -0.423. The summed E-state index contributed by atoms with van der Waals surface area (Å²) in [5, 5.41) is 14.8. The normalized spacial score (nSPS) is 6.29. The van der Waals surface area contributed by atoms with Crippen LogP contribution in [0.5, 0.6) is 0 Å². The number of carboxylic acids is 2. The van der Waals surface area contributed by atoms with Crippen LogP contribution in [0.4, 0.5) is 0 Å². The summed E-state index contributed by atoms with van der Waals surface area (Å²) in [4.78, 5) is 18.2. The molecule has 7 heavy (non-hydrogen) atoms. The number of carboxylic acid groups (broad SMARTS) is 2. The lowest BCUT2D eigenvalue weighted by Gasteiger charge is -1.72. The lowest BCUT2D eigenvalue weighted by Crippen LogP contribution is -2.09. The van der Waals surface area contributed by atoms with Crippen molar-refractivity contribution in [2.24, 2.45) is 0 Å². The molecule has 42 valence electrons. The predicted molar refractivity (Wildman–Crippen MR) is 22.5 cm³/mol. The highest BCUT2D eigenvalue weighted by molar-refractivity contribution is 6.27. The van der Waals surface area contributed by atoms with Crippen LogP contribution in [-0.2, 0) is 9.59 Å². The van der Waals surface area contributed by atoms with Crippen LogP contribution in [0.2, 0.25) is 0 Å². The van der Waals surface area contributed by atoms with Crippen molar-refractivity contribution in [2.75, 3.05) is 0 Å². The Labute approximate surface area is 45.2 Å². The zero-order valence-electron chi connectivity index (χ0n) is 3.12. The monoisotopic (exact) mass is 126 g/mol. The Balaban J connectivity index is 0. The van der Waals surface area contributed by atoms with Crippen LogP contribution in [0, 0.1) is 0 Å². The van der Waals surface area contributed by atoms with Gasteiger partial charge in [-0.25, -0.2) is 9.59 Å². The minimum atomic E-state index is -1.82. The van der Waals surface area contributed by atoms with E-state index in [0.717, 1.165) is 0 Å². The van der Waals surface area contributed by atoms with E-state index >= 15 is 0 Å². The maximum atomic E-state index is 9.10. The van der Waals surface area contributed by atoms with Gasteiger partial charge in [0, 0.05) is 0 Å². The molecule has 0 aromatic heterocycles. The molecule has 0 fully saturated rings. The summed E-state index contributed by atoms with van der Waals surface area (Å²) in [5.74, 6) is -3.65. The van der Waals surface area contributed by atoms with Crippen LogP contribution in [0.1, 0.15) is 0 Å². The van der Waals surface area contributed by atoms with Crippen molar-refractivity contribution in [3.8, 4) is 0 Å². The number of rotatable bonds is 0. The van der Waals surface area contributed by atoms with Gasteiger partial charge in [0.1, 0.15) is 0 Å². The first-order valence-electron chi connectivity index (χ1n) is 1.11. The molecule has 0 atom stereocenters. The summed E-state index contributed by atoms with van der Waals surface area (Å²) < 4.78 is 0. The van der Waals surface area contributed by atoms with E-state index in [2.05, 4.69) is 0 Å². The third-order valence-corrected chi connectivity index (χ3v) is 0.183. The Morgan fingerprint density at radius 1 is 1.00 bits per heavy atom. The molecule has 0 aromatic rings. The van der Waals surface area contributed by atoms with Gasteiger partial charge in [-0.05, 0) is 0 Å². The first-order valence-corrected chi connectivity index (χ1v) is 1.11. The van der Waals surface area contributed by atoms with Crippen LogP contribution in [-0.4, -0.2) is 22.2 Å². The van der Waals surface area contributed by atoms with Gasteiger partial charge in [0.05, 0.1) is 0 Å². The van der Waals surface area contributed by atoms with E-state index in [0.29, 0.717) is 0 Å². The largest absolute Gasteiger partial charge is 0.473 e. The lowest BCUT2D eigenvalue weighted by molar-refractivity contribution is -0.159. The van der Waals surface area contributed by atoms with Gasteiger partial charge >= 0.3 is 11.9 Å². The molecule has 0 amide bonds. The van der Waals surface area contributed by atoms with Gasteiger partial charge in [-0.15, -0.1) is 12.4 Å². The second-order valence-corrected chi connectivity index (χ2v) is 0.610. The molecule has 0 aliphatic carbocycles. The fourth-order valence-corrected chi connectivity index (χ4v) is 0. The van der Waals surface area contributed by atoms with Crippen LogP contribution < -0.4 is 0 Å². The zero-order valence-corrected chi connectivity index (χ0v) is 3.94. The molecule has 2 N–H and O–H groups in total. The standard InChI is InChI=1S/C2H2O4.ClH/c3-1(4)2(5)6;/h(H,3,4)(H,5,6);1H. The number of carbonyl (C=O) groups is 2. The van der Waals surface area contributed by atoms with E-state index < -0.39 is 11.9 Å². The Hall–Kier alpha value is -0.770. The average molecular weight is 126 g/mol. The third kappa shape index (κ3) is 5.23. The molecule has 5 heteroatoms. The van der Waals surface area contributed by atoms with E-state index in [9.17, 15) is 0 Å². The van der Waals surface area contributed by atoms with Crippen molar-refractivity contribution in [1.29, 1.82) is 0 Å². The molecule has 0 aromatic carbocycles. The summed E-state index contributed by atoms with van der Waals surface area (Å²) in [6.07, 6.45) is 0. The zero-order chi connectivity index (χ0) is 5.15. The number of hydrogen-bond acceptors (Lipinski definition) is 2. The molecule has 0 aliphatic rings. The number of hydrogen-bond donors (Lipinski definition) is 2. The van der Waals surface area contributed by atoms with E-state index in [4.69, 9.17) is 19.8 Å². The molecule has 0 aliphatic heterocycles. The highest BCUT2D eigenvalue weighted by Crippen LogP contribution is 1.56. The van der Waals surface area contributed by atoms with E-state index in [-0.39, 0.29) is 12.4 Å².